The van der Waals surface area contributed by atoms with Crippen LogP contribution >= 0.6 is 34.8 Å². The van der Waals surface area contributed by atoms with Crippen molar-refractivity contribution >= 4 is 45.9 Å². The van der Waals surface area contributed by atoms with Gasteiger partial charge < -0.3 is 13.7 Å². The van der Waals surface area contributed by atoms with Crippen molar-refractivity contribution in [2.75, 3.05) is 0 Å². The van der Waals surface area contributed by atoms with E-state index < -0.39 is 0 Å². The molecule has 0 saturated heterocycles. The van der Waals surface area contributed by atoms with Gasteiger partial charge >= 0.3 is 0 Å². The van der Waals surface area contributed by atoms with Crippen LogP contribution in [0, 0.1) is 11.8 Å². The van der Waals surface area contributed by atoms with Crippen LogP contribution in [-0.4, -0.2) is 10.1 Å². The first-order valence-electron chi connectivity index (χ1n) is 12.3. The molecule has 1 fully saturated rings. The Balaban J connectivity index is 1.22. The second kappa shape index (κ2) is 10.4. The van der Waals surface area contributed by atoms with E-state index in [2.05, 4.69) is 22.0 Å². The lowest BCUT2D eigenvalue weighted by Gasteiger charge is -2.10. The van der Waals surface area contributed by atoms with E-state index >= 15 is 0 Å². The van der Waals surface area contributed by atoms with Crippen LogP contribution < -0.4 is 4.74 Å². The van der Waals surface area contributed by atoms with Crippen LogP contribution in [0.15, 0.2) is 63.5 Å². The third kappa shape index (κ3) is 5.00. The molecule has 0 unspecified atom stereocenters. The van der Waals surface area contributed by atoms with Gasteiger partial charge in [0.05, 0.1) is 20.6 Å². The van der Waals surface area contributed by atoms with Gasteiger partial charge in [0.1, 0.15) is 29.3 Å². The Labute approximate surface area is 234 Å². The Hall–Kier alpha value is -3.43. The van der Waals surface area contributed by atoms with Crippen LogP contribution in [0.25, 0.3) is 22.4 Å². The molecule has 0 bridgehead atoms. The summed E-state index contributed by atoms with van der Waals surface area (Å²) >= 11 is 19.5. The molecule has 2 aromatic heterocycles. The zero-order valence-electron chi connectivity index (χ0n) is 20.4. The van der Waals surface area contributed by atoms with Crippen LogP contribution in [0.2, 0.25) is 15.1 Å². The molecule has 0 atom stereocenters. The minimum absolute atomic E-state index is 0.241. The molecule has 5 nitrogen and oxygen atoms in total. The molecule has 190 valence electrons. The van der Waals surface area contributed by atoms with E-state index in [0.29, 0.717) is 49.4 Å². The summed E-state index contributed by atoms with van der Waals surface area (Å²) in [5, 5.41) is 5.82. The number of fused-ring (bicyclic) bond motifs is 1. The molecule has 5 aromatic rings. The Kier molecular flexibility index (Phi) is 6.80. The van der Waals surface area contributed by atoms with Crippen molar-refractivity contribution in [3.05, 3.63) is 98.0 Å². The summed E-state index contributed by atoms with van der Waals surface area (Å²) in [4.78, 5) is 4.43. The fraction of sp³-hybridized carbons (Fsp3) is 0.200. The lowest BCUT2D eigenvalue weighted by molar-refractivity contribution is 0.300. The summed E-state index contributed by atoms with van der Waals surface area (Å²) < 4.78 is 17.6. The molecule has 0 radical (unpaired) electrons. The van der Waals surface area contributed by atoms with E-state index in [1.54, 1.807) is 24.3 Å². The average Bonchev–Trinajstić information content (AvgIpc) is 3.54. The number of ether oxygens (including phenoxy) is 1. The van der Waals surface area contributed by atoms with E-state index in [0.717, 1.165) is 47.2 Å². The lowest BCUT2D eigenvalue weighted by atomic mass is 10.0. The first-order valence-corrected chi connectivity index (χ1v) is 13.4. The fourth-order valence-electron chi connectivity index (χ4n) is 4.23. The largest absolute Gasteiger partial charge is 0.489 e. The van der Waals surface area contributed by atoms with Crippen molar-refractivity contribution < 1.29 is 13.7 Å². The number of aromatic nitrogens is 2. The van der Waals surface area contributed by atoms with E-state index in [1.165, 1.54) is 0 Å². The summed E-state index contributed by atoms with van der Waals surface area (Å²) in [5.74, 6) is 8.75. The highest BCUT2D eigenvalue weighted by molar-refractivity contribution is 6.39. The molecule has 0 spiro atoms. The highest BCUT2D eigenvalue weighted by atomic mass is 35.5. The molecular weight excluding hydrogens is 543 g/mol. The van der Waals surface area contributed by atoms with Gasteiger partial charge in [-0.2, -0.15) is 0 Å². The van der Waals surface area contributed by atoms with Crippen LogP contribution in [0.3, 0.4) is 0 Å². The van der Waals surface area contributed by atoms with E-state index in [9.17, 15) is 0 Å². The standard InChI is InChI=1S/C30H21Cl3N2O3/c1-2-27-34-25-13-7-17(14-26(25)37-27)6-8-18-11-12-20(15-24(18)33)36-16-21-29(35-38-30(21)19-9-10-19)28-22(31)4-3-5-23(28)32/h3-5,7,11-15,19H,2,9-10,16H2,1H3. The van der Waals surface area contributed by atoms with Crippen molar-refractivity contribution in [2.24, 2.45) is 0 Å². The summed E-state index contributed by atoms with van der Waals surface area (Å²) in [5.41, 5.74) is 5.15. The van der Waals surface area contributed by atoms with Crippen molar-refractivity contribution in [1.82, 2.24) is 10.1 Å². The van der Waals surface area contributed by atoms with Crippen molar-refractivity contribution in [3.63, 3.8) is 0 Å². The van der Waals surface area contributed by atoms with Gasteiger partial charge in [0.2, 0.25) is 0 Å². The minimum atomic E-state index is 0.241. The maximum Gasteiger partial charge on any atom is 0.195 e. The Bertz CT molecular complexity index is 1700. The molecule has 3 aromatic carbocycles. The highest BCUT2D eigenvalue weighted by Crippen LogP contribution is 2.46. The quantitative estimate of drug-likeness (QED) is 0.193. The molecule has 38 heavy (non-hydrogen) atoms. The minimum Gasteiger partial charge on any atom is -0.489 e. The molecular formula is C30H21Cl3N2O3. The predicted octanol–water partition coefficient (Wildman–Crippen LogP) is 8.86. The Morgan fingerprint density at radius 3 is 2.53 bits per heavy atom. The first-order chi connectivity index (χ1) is 18.5. The number of hydrogen-bond donors (Lipinski definition) is 0. The van der Waals surface area contributed by atoms with Crippen molar-refractivity contribution in [3.8, 4) is 28.8 Å². The molecule has 1 aliphatic rings. The molecule has 0 N–H and O–H groups in total. The summed E-state index contributed by atoms with van der Waals surface area (Å²) in [6.07, 6.45) is 2.86. The third-order valence-corrected chi connectivity index (χ3v) is 7.31. The number of hydrogen-bond acceptors (Lipinski definition) is 5. The van der Waals surface area contributed by atoms with Crippen molar-refractivity contribution in [2.45, 2.75) is 38.7 Å². The topological polar surface area (TPSA) is 61.3 Å². The van der Waals surface area contributed by atoms with Gasteiger partial charge in [-0.15, -0.1) is 0 Å². The molecule has 1 aliphatic carbocycles. The van der Waals surface area contributed by atoms with E-state index in [-0.39, 0.29) is 6.61 Å². The normalized spacial score (nSPS) is 12.9. The number of halogens is 3. The summed E-state index contributed by atoms with van der Waals surface area (Å²) in [6.45, 7) is 2.25. The van der Waals surface area contributed by atoms with Gasteiger partial charge in [0, 0.05) is 35.1 Å². The lowest BCUT2D eigenvalue weighted by Crippen LogP contribution is -2.00. The number of rotatable bonds is 6. The monoisotopic (exact) mass is 562 g/mol. The second-order valence-electron chi connectivity index (χ2n) is 9.07. The number of benzene rings is 3. The predicted molar refractivity (Wildman–Crippen MR) is 149 cm³/mol. The molecule has 1 saturated carbocycles. The fourth-order valence-corrected chi connectivity index (χ4v) is 5.03. The van der Waals surface area contributed by atoms with E-state index in [4.69, 9.17) is 48.5 Å². The Morgan fingerprint density at radius 2 is 1.79 bits per heavy atom. The van der Waals surface area contributed by atoms with Gasteiger partial charge in [0.15, 0.2) is 11.5 Å². The zero-order chi connectivity index (χ0) is 26.2. The van der Waals surface area contributed by atoms with Gasteiger partial charge in [-0.05, 0) is 55.3 Å². The van der Waals surface area contributed by atoms with Crippen molar-refractivity contribution in [1.29, 1.82) is 0 Å². The maximum absolute atomic E-state index is 6.56. The molecule has 2 heterocycles. The third-order valence-electron chi connectivity index (χ3n) is 6.37. The molecule has 6 rings (SSSR count). The Morgan fingerprint density at radius 1 is 0.974 bits per heavy atom. The van der Waals surface area contributed by atoms with Gasteiger partial charge in [-0.3, -0.25) is 0 Å². The second-order valence-corrected chi connectivity index (χ2v) is 10.3. The highest BCUT2D eigenvalue weighted by Gasteiger charge is 2.33. The average molecular weight is 564 g/mol. The van der Waals surface area contributed by atoms with Gasteiger partial charge in [-0.1, -0.05) is 64.8 Å². The van der Waals surface area contributed by atoms with Crippen LogP contribution in [0.4, 0.5) is 0 Å². The van der Waals surface area contributed by atoms with Crippen LogP contribution in [-0.2, 0) is 13.0 Å². The summed E-state index contributed by atoms with van der Waals surface area (Å²) in [6, 6.07) is 16.5. The SMILES string of the molecule is CCc1nc2ccc(C#Cc3ccc(OCc4c(-c5c(Cl)cccc5Cl)noc4C4CC4)cc3Cl)cc2o1. The summed E-state index contributed by atoms with van der Waals surface area (Å²) in [7, 11) is 0. The number of aryl methyl sites for hydroxylation is 1. The van der Waals surface area contributed by atoms with Crippen LogP contribution in [0.5, 0.6) is 5.75 Å². The maximum atomic E-state index is 6.56. The number of oxazole rings is 1. The molecule has 0 amide bonds. The smallest absolute Gasteiger partial charge is 0.195 e. The van der Waals surface area contributed by atoms with Crippen LogP contribution in [0.1, 0.15) is 54.0 Å². The number of nitrogens with zero attached hydrogens (tertiary/aromatic N) is 2. The van der Waals surface area contributed by atoms with Gasteiger partial charge in [-0.25, -0.2) is 4.98 Å². The van der Waals surface area contributed by atoms with Gasteiger partial charge in [0.25, 0.3) is 0 Å². The molecule has 0 aliphatic heterocycles. The first kappa shape index (κ1) is 24.9. The van der Waals surface area contributed by atoms with E-state index in [1.807, 2.05) is 37.3 Å². The molecule has 8 heteroatoms. The zero-order valence-corrected chi connectivity index (χ0v) is 22.6.